The number of rotatable bonds is 14. The van der Waals surface area contributed by atoms with Gasteiger partial charge >= 0.3 is 0 Å². The third-order valence-electron chi connectivity index (χ3n) is 7.03. The molecule has 0 N–H and O–H groups in total. The van der Waals surface area contributed by atoms with E-state index in [0.717, 1.165) is 0 Å². The lowest BCUT2D eigenvalue weighted by molar-refractivity contribution is 0.398. The number of hydrogen-bond donors (Lipinski definition) is 0. The molecule has 0 fully saturated rings. The molecule has 0 aromatic heterocycles. The Kier molecular flexibility index (Phi) is 8.84. The van der Waals surface area contributed by atoms with Crippen LogP contribution < -0.4 is 0 Å². The summed E-state index contributed by atoms with van der Waals surface area (Å²) in [5, 5.41) is 0. The first-order valence-electron chi connectivity index (χ1n) is 12.4. The molecule has 0 bridgehead atoms. The lowest BCUT2D eigenvalue weighted by atomic mass is 9.70. The topological polar surface area (TPSA) is 0 Å². The molecule has 0 atom stereocenters. The van der Waals surface area contributed by atoms with Crippen molar-refractivity contribution in [3.63, 3.8) is 0 Å². The van der Waals surface area contributed by atoms with E-state index in [4.69, 9.17) is 0 Å². The van der Waals surface area contributed by atoms with Crippen molar-refractivity contribution in [1.29, 1.82) is 0 Å². The molecule has 2 aromatic carbocycles. The molecule has 0 heterocycles. The summed E-state index contributed by atoms with van der Waals surface area (Å²) in [5.41, 5.74) is 6.32. The van der Waals surface area contributed by atoms with E-state index in [0.29, 0.717) is 0 Å². The second kappa shape index (κ2) is 11.6. The fourth-order valence-corrected chi connectivity index (χ4v) is 5.43. The summed E-state index contributed by atoms with van der Waals surface area (Å²) in [6.07, 6.45) is 19.2. The quantitative estimate of drug-likeness (QED) is 0.282. The largest absolute Gasteiger partial charge is 0.0654 e. The van der Waals surface area contributed by atoms with Crippen molar-refractivity contribution in [2.24, 2.45) is 0 Å². The van der Waals surface area contributed by atoms with Gasteiger partial charge in [0.1, 0.15) is 0 Å². The SMILES string of the molecule is CCCCCCCCC1(CCCCCCCC)c2cc[c]cc2-c2ccccc21. The van der Waals surface area contributed by atoms with Crippen molar-refractivity contribution in [1.82, 2.24) is 0 Å². The lowest BCUT2D eigenvalue weighted by Crippen LogP contribution is -2.25. The van der Waals surface area contributed by atoms with Crippen LogP contribution in [0.15, 0.2) is 42.5 Å². The summed E-state index contributed by atoms with van der Waals surface area (Å²) in [6.45, 7) is 4.61. The Morgan fingerprint density at radius 2 is 1.17 bits per heavy atom. The van der Waals surface area contributed by atoms with Gasteiger partial charge in [0.2, 0.25) is 0 Å². The first-order chi connectivity index (χ1) is 14.3. The second-order valence-corrected chi connectivity index (χ2v) is 9.13. The third-order valence-corrected chi connectivity index (χ3v) is 7.03. The zero-order chi connectivity index (χ0) is 20.4. The molecule has 157 valence electrons. The molecular formula is C29H41. The molecule has 29 heavy (non-hydrogen) atoms. The molecule has 0 heteroatoms. The van der Waals surface area contributed by atoms with Crippen molar-refractivity contribution in [2.45, 2.75) is 109 Å². The average molecular weight is 390 g/mol. The van der Waals surface area contributed by atoms with Crippen molar-refractivity contribution in [2.75, 3.05) is 0 Å². The van der Waals surface area contributed by atoms with Crippen LogP contribution in [-0.4, -0.2) is 0 Å². The molecule has 2 aromatic rings. The van der Waals surface area contributed by atoms with Gasteiger partial charge in [-0.25, -0.2) is 0 Å². The Balaban J connectivity index is 1.75. The van der Waals surface area contributed by atoms with Gasteiger partial charge in [-0.15, -0.1) is 0 Å². The minimum absolute atomic E-state index is 0.233. The smallest absolute Gasteiger partial charge is 0.0215 e. The summed E-state index contributed by atoms with van der Waals surface area (Å²) in [7, 11) is 0. The fourth-order valence-electron chi connectivity index (χ4n) is 5.43. The van der Waals surface area contributed by atoms with Gasteiger partial charge in [0, 0.05) is 5.41 Å². The first-order valence-corrected chi connectivity index (χ1v) is 12.4. The molecule has 1 radical (unpaired) electrons. The highest BCUT2D eigenvalue weighted by atomic mass is 14.4. The van der Waals surface area contributed by atoms with Crippen molar-refractivity contribution >= 4 is 0 Å². The highest BCUT2D eigenvalue weighted by Gasteiger charge is 2.41. The third kappa shape index (κ3) is 5.33. The second-order valence-electron chi connectivity index (χ2n) is 9.13. The summed E-state index contributed by atoms with van der Waals surface area (Å²) < 4.78 is 0. The van der Waals surface area contributed by atoms with Crippen LogP contribution in [0, 0.1) is 6.07 Å². The normalized spacial score (nSPS) is 14.0. The van der Waals surface area contributed by atoms with Crippen LogP contribution in [0.1, 0.15) is 115 Å². The van der Waals surface area contributed by atoms with Crippen LogP contribution in [0.2, 0.25) is 0 Å². The zero-order valence-corrected chi connectivity index (χ0v) is 18.9. The summed E-state index contributed by atoms with van der Waals surface area (Å²) in [6, 6.07) is 19.3. The highest BCUT2D eigenvalue weighted by Crippen LogP contribution is 2.53. The summed E-state index contributed by atoms with van der Waals surface area (Å²) >= 11 is 0. The Hall–Kier alpha value is -1.56. The number of benzene rings is 2. The predicted octanol–water partition coefficient (Wildman–Crippen LogP) is 9.25. The van der Waals surface area contributed by atoms with E-state index in [1.807, 2.05) is 0 Å². The van der Waals surface area contributed by atoms with Gasteiger partial charge < -0.3 is 0 Å². The Morgan fingerprint density at radius 1 is 0.621 bits per heavy atom. The van der Waals surface area contributed by atoms with Gasteiger partial charge in [0.25, 0.3) is 0 Å². The van der Waals surface area contributed by atoms with Crippen LogP contribution in [-0.2, 0) is 5.41 Å². The van der Waals surface area contributed by atoms with Crippen LogP contribution in [0.5, 0.6) is 0 Å². The van der Waals surface area contributed by atoms with Gasteiger partial charge in [-0.2, -0.15) is 0 Å². The number of hydrogen-bond acceptors (Lipinski definition) is 0. The average Bonchev–Trinajstić information content (AvgIpc) is 3.04. The molecule has 0 saturated carbocycles. The summed E-state index contributed by atoms with van der Waals surface area (Å²) in [4.78, 5) is 0. The first kappa shape index (κ1) is 22.1. The molecular weight excluding hydrogens is 348 g/mol. The van der Waals surface area contributed by atoms with Crippen molar-refractivity contribution in [3.8, 4) is 11.1 Å². The molecule has 0 saturated heterocycles. The van der Waals surface area contributed by atoms with Gasteiger partial charge in [-0.3, -0.25) is 0 Å². The monoisotopic (exact) mass is 389 g/mol. The highest BCUT2D eigenvalue weighted by molar-refractivity contribution is 5.80. The Bertz CT molecular complexity index is 663. The van der Waals surface area contributed by atoms with Gasteiger partial charge in [0.15, 0.2) is 0 Å². The van der Waals surface area contributed by atoms with Gasteiger partial charge in [-0.1, -0.05) is 127 Å². The zero-order valence-electron chi connectivity index (χ0n) is 18.9. The van der Waals surface area contributed by atoms with Gasteiger partial charge in [0.05, 0.1) is 0 Å². The number of fused-ring (bicyclic) bond motifs is 3. The van der Waals surface area contributed by atoms with E-state index in [2.05, 4.69) is 62.4 Å². The molecule has 0 amide bonds. The molecule has 0 unspecified atom stereocenters. The van der Waals surface area contributed by atoms with E-state index in [-0.39, 0.29) is 5.41 Å². The molecule has 0 spiro atoms. The Morgan fingerprint density at radius 3 is 1.83 bits per heavy atom. The molecule has 1 aliphatic carbocycles. The molecule has 1 aliphatic rings. The van der Waals surface area contributed by atoms with Crippen LogP contribution in [0.3, 0.4) is 0 Å². The van der Waals surface area contributed by atoms with E-state index in [9.17, 15) is 0 Å². The van der Waals surface area contributed by atoms with E-state index >= 15 is 0 Å². The standard InChI is InChI=1S/C29H41/c1-3-5-7-9-11-17-23-29(24-18-12-10-8-6-4-2)27-21-15-13-19-25(27)26-20-14-16-22-28(26)29/h13,15-16,19-22H,3-12,17-18,23-24H2,1-2H3. The molecule has 0 aliphatic heterocycles. The maximum atomic E-state index is 3.35. The van der Waals surface area contributed by atoms with Crippen LogP contribution in [0.25, 0.3) is 11.1 Å². The van der Waals surface area contributed by atoms with Crippen molar-refractivity contribution in [3.05, 3.63) is 59.7 Å². The minimum Gasteiger partial charge on any atom is -0.0654 e. The Labute approximate surface area is 180 Å². The predicted molar refractivity (Wildman–Crippen MR) is 127 cm³/mol. The van der Waals surface area contributed by atoms with Crippen LogP contribution in [0.4, 0.5) is 0 Å². The van der Waals surface area contributed by atoms with Crippen LogP contribution >= 0.6 is 0 Å². The van der Waals surface area contributed by atoms with Crippen molar-refractivity contribution < 1.29 is 0 Å². The number of unbranched alkanes of at least 4 members (excludes halogenated alkanes) is 10. The molecule has 3 rings (SSSR count). The lowest BCUT2D eigenvalue weighted by Gasteiger charge is -2.33. The fraction of sp³-hybridized carbons (Fsp3) is 0.586. The van der Waals surface area contributed by atoms with E-state index < -0.39 is 0 Å². The minimum atomic E-state index is 0.233. The van der Waals surface area contributed by atoms with Gasteiger partial charge in [-0.05, 0) is 47.2 Å². The van der Waals surface area contributed by atoms with E-state index in [1.165, 1.54) is 101 Å². The maximum Gasteiger partial charge on any atom is 0.0215 e. The summed E-state index contributed by atoms with van der Waals surface area (Å²) in [5.74, 6) is 0. The van der Waals surface area contributed by atoms with E-state index in [1.54, 1.807) is 11.1 Å². The molecule has 0 nitrogen and oxygen atoms in total. The maximum absolute atomic E-state index is 3.35.